The minimum Gasteiger partial charge on any atom is -0.316 e. The van der Waals surface area contributed by atoms with Crippen LogP contribution in [-0.4, -0.2) is 9.55 Å². The van der Waals surface area contributed by atoms with Crippen molar-refractivity contribution >= 4 is 27.5 Å². The number of fused-ring (bicyclic) bond motifs is 3. The van der Waals surface area contributed by atoms with Gasteiger partial charge < -0.3 is 4.57 Å². The van der Waals surface area contributed by atoms with Crippen LogP contribution in [0.3, 0.4) is 0 Å². The summed E-state index contributed by atoms with van der Waals surface area (Å²) >= 11 is 0. The van der Waals surface area contributed by atoms with E-state index < -0.39 is 0 Å². The predicted molar refractivity (Wildman–Crippen MR) is 171 cm³/mol. The SMILES string of the molecule is [C-]#[N+]c1c(-c2ccccc2)c(C#N)c(-c2ccccc2)c(C#N)c1-n1c2ccccc2c2cc(-c3ccccc3)ncc21. The van der Waals surface area contributed by atoms with E-state index >= 15 is 0 Å². The van der Waals surface area contributed by atoms with Gasteiger partial charge in [0.25, 0.3) is 0 Å². The molecule has 2 aromatic heterocycles. The van der Waals surface area contributed by atoms with Gasteiger partial charge in [0.05, 0.1) is 52.4 Å². The molecule has 0 N–H and O–H groups in total. The summed E-state index contributed by atoms with van der Waals surface area (Å²) in [6, 6.07) is 43.8. The van der Waals surface area contributed by atoms with Gasteiger partial charge in [-0.3, -0.25) is 4.98 Å². The Bertz CT molecular complexity index is 2220. The number of benzene rings is 5. The molecule has 5 heteroatoms. The first-order chi connectivity index (χ1) is 21.2. The molecule has 0 fully saturated rings. The summed E-state index contributed by atoms with van der Waals surface area (Å²) in [5.41, 5.74) is 7.17. The quantitative estimate of drug-likeness (QED) is 0.206. The van der Waals surface area contributed by atoms with Crippen molar-refractivity contribution < 1.29 is 0 Å². The standard InChI is InChI=1S/C38H21N5/c1-41-37-36(27-17-9-4-10-18-27)30(22-39)35(26-15-7-3-8-16-26)31(23-40)38(37)43-33-20-12-11-19-28(33)29-21-32(42-24-34(29)43)25-13-5-2-6-14-25/h2-21,24H. The average molecular weight is 548 g/mol. The van der Waals surface area contributed by atoms with Crippen LogP contribution in [-0.2, 0) is 0 Å². The van der Waals surface area contributed by atoms with Gasteiger partial charge in [-0.05, 0) is 23.3 Å². The van der Waals surface area contributed by atoms with Crippen LogP contribution in [0.4, 0.5) is 5.69 Å². The van der Waals surface area contributed by atoms with E-state index in [0.29, 0.717) is 22.4 Å². The Morgan fingerprint density at radius 3 is 1.77 bits per heavy atom. The lowest BCUT2D eigenvalue weighted by Gasteiger charge is -2.21. The molecule has 0 aliphatic carbocycles. The lowest BCUT2D eigenvalue weighted by Crippen LogP contribution is -2.05. The maximum Gasteiger partial charge on any atom is 0.220 e. The molecule has 2 heterocycles. The van der Waals surface area contributed by atoms with Crippen molar-refractivity contribution in [3.05, 3.63) is 150 Å². The minimum atomic E-state index is 0.244. The Hall–Kier alpha value is -6.48. The largest absolute Gasteiger partial charge is 0.316 e. The van der Waals surface area contributed by atoms with Gasteiger partial charge in [0.1, 0.15) is 6.07 Å². The highest BCUT2D eigenvalue weighted by molar-refractivity contribution is 6.12. The van der Waals surface area contributed by atoms with Crippen molar-refractivity contribution in [3.8, 4) is 51.3 Å². The third-order valence-electron chi connectivity index (χ3n) is 7.76. The molecule has 0 saturated carbocycles. The summed E-state index contributed by atoms with van der Waals surface area (Å²) in [4.78, 5) is 8.87. The van der Waals surface area contributed by atoms with Gasteiger partial charge in [-0.2, -0.15) is 10.5 Å². The van der Waals surface area contributed by atoms with Crippen molar-refractivity contribution in [2.75, 3.05) is 0 Å². The van der Waals surface area contributed by atoms with Crippen LogP contribution in [0.5, 0.6) is 0 Å². The fourth-order valence-electron chi connectivity index (χ4n) is 5.93. The van der Waals surface area contributed by atoms with E-state index in [2.05, 4.69) is 23.0 Å². The first kappa shape index (κ1) is 25.5. The van der Waals surface area contributed by atoms with Gasteiger partial charge in [0.2, 0.25) is 5.69 Å². The summed E-state index contributed by atoms with van der Waals surface area (Å²) in [7, 11) is 0. The van der Waals surface area contributed by atoms with Gasteiger partial charge in [0.15, 0.2) is 0 Å². The highest BCUT2D eigenvalue weighted by Crippen LogP contribution is 2.48. The normalized spacial score (nSPS) is 10.7. The molecule has 0 amide bonds. The lowest BCUT2D eigenvalue weighted by molar-refractivity contribution is 1.16. The molecule has 7 aromatic rings. The Labute approximate surface area is 248 Å². The second-order valence-corrected chi connectivity index (χ2v) is 10.1. The van der Waals surface area contributed by atoms with Gasteiger partial charge in [-0.1, -0.05) is 109 Å². The molecule has 0 bridgehead atoms. The van der Waals surface area contributed by atoms with Gasteiger partial charge in [-0.25, -0.2) is 4.85 Å². The molecule has 198 valence electrons. The molecular weight excluding hydrogens is 526 g/mol. The fourth-order valence-corrected chi connectivity index (χ4v) is 5.93. The highest BCUT2D eigenvalue weighted by Gasteiger charge is 2.29. The first-order valence-corrected chi connectivity index (χ1v) is 13.7. The van der Waals surface area contributed by atoms with Crippen LogP contribution >= 0.6 is 0 Å². The van der Waals surface area contributed by atoms with Crippen LogP contribution in [0.2, 0.25) is 0 Å². The number of pyridine rings is 1. The molecule has 0 aliphatic heterocycles. The van der Waals surface area contributed by atoms with E-state index in [4.69, 9.17) is 11.6 Å². The maximum atomic E-state index is 10.8. The predicted octanol–water partition coefficient (Wildman–Crippen LogP) is 9.47. The van der Waals surface area contributed by atoms with Crippen LogP contribution in [0.15, 0.2) is 128 Å². The molecule has 43 heavy (non-hydrogen) atoms. The Balaban J connectivity index is 1.69. The summed E-state index contributed by atoms with van der Waals surface area (Å²) in [5, 5.41) is 23.3. The van der Waals surface area contributed by atoms with Crippen LogP contribution in [0.25, 0.3) is 65.8 Å². The molecule has 0 aliphatic rings. The monoisotopic (exact) mass is 547 g/mol. The number of hydrogen-bond donors (Lipinski definition) is 0. The van der Waals surface area contributed by atoms with E-state index in [1.807, 2.05) is 126 Å². The van der Waals surface area contributed by atoms with Crippen molar-refractivity contribution in [3.63, 3.8) is 0 Å². The summed E-state index contributed by atoms with van der Waals surface area (Å²) in [5.74, 6) is 0. The third-order valence-corrected chi connectivity index (χ3v) is 7.76. The number of hydrogen-bond acceptors (Lipinski definition) is 3. The third kappa shape index (κ3) is 4.03. The van der Waals surface area contributed by atoms with Crippen LogP contribution < -0.4 is 0 Å². The van der Waals surface area contributed by atoms with Crippen molar-refractivity contribution in [1.29, 1.82) is 10.5 Å². The summed E-state index contributed by atoms with van der Waals surface area (Å²) < 4.78 is 1.97. The van der Waals surface area contributed by atoms with E-state index in [9.17, 15) is 10.5 Å². The van der Waals surface area contributed by atoms with E-state index in [1.54, 1.807) is 0 Å². The smallest absolute Gasteiger partial charge is 0.220 e. The molecule has 5 nitrogen and oxygen atoms in total. The minimum absolute atomic E-state index is 0.244. The number of nitriles is 2. The molecule has 5 aromatic carbocycles. The second kappa shape index (κ2) is 10.5. The molecule has 7 rings (SSSR count). The average Bonchev–Trinajstić information content (AvgIpc) is 3.41. The van der Waals surface area contributed by atoms with Crippen LogP contribution in [0.1, 0.15) is 11.1 Å². The molecular formula is C38H21N5. The number of rotatable bonds is 4. The number of nitrogens with zero attached hydrogens (tertiary/aromatic N) is 5. The molecule has 0 spiro atoms. The Kier molecular flexibility index (Phi) is 6.22. The van der Waals surface area contributed by atoms with Crippen molar-refractivity contribution in [1.82, 2.24) is 9.55 Å². The highest BCUT2D eigenvalue weighted by atomic mass is 15.0. The van der Waals surface area contributed by atoms with Crippen LogP contribution in [0, 0.1) is 29.2 Å². The maximum absolute atomic E-state index is 10.8. The van der Waals surface area contributed by atoms with Crippen molar-refractivity contribution in [2.45, 2.75) is 0 Å². The zero-order valence-electron chi connectivity index (χ0n) is 22.9. The summed E-state index contributed by atoms with van der Waals surface area (Å²) in [6.07, 6.45) is 1.81. The van der Waals surface area contributed by atoms with E-state index in [0.717, 1.165) is 44.2 Å². The Morgan fingerprint density at radius 1 is 0.605 bits per heavy atom. The van der Waals surface area contributed by atoms with Gasteiger partial charge in [0, 0.05) is 27.5 Å². The fraction of sp³-hybridized carbons (Fsp3) is 0. The lowest BCUT2D eigenvalue weighted by atomic mass is 9.86. The number of para-hydroxylation sites is 1. The first-order valence-electron chi connectivity index (χ1n) is 13.7. The summed E-state index contributed by atoms with van der Waals surface area (Å²) in [6.45, 7) is 8.44. The zero-order chi connectivity index (χ0) is 29.3. The Morgan fingerprint density at radius 2 is 1.16 bits per heavy atom. The zero-order valence-corrected chi connectivity index (χ0v) is 22.9. The van der Waals surface area contributed by atoms with Gasteiger partial charge in [-0.15, -0.1) is 0 Å². The molecule has 0 unspecified atom stereocenters. The van der Waals surface area contributed by atoms with E-state index in [1.165, 1.54) is 0 Å². The molecule has 0 saturated heterocycles. The van der Waals surface area contributed by atoms with Gasteiger partial charge >= 0.3 is 0 Å². The van der Waals surface area contributed by atoms with Crippen molar-refractivity contribution in [2.24, 2.45) is 0 Å². The molecule has 0 radical (unpaired) electrons. The number of aromatic nitrogens is 2. The van der Waals surface area contributed by atoms with E-state index in [-0.39, 0.29) is 11.3 Å². The second-order valence-electron chi connectivity index (χ2n) is 10.1. The molecule has 0 atom stereocenters. The topological polar surface area (TPSA) is 69.8 Å².